The van der Waals surface area contributed by atoms with Crippen LogP contribution in [-0.2, 0) is 4.79 Å². The van der Waals surface area contributed by atoms with Crippen LogP contribution in [0.25, 0.3) is 0 Å². The van der Waals surface area contributed by atoms with Crippen LogP contribution in [0.2, 0.25) is 5.02 Å². The fraction of sp³-hybridized carbons (Fsp3) is 0.167. The maximum atomic E-state index is 12.4. The first-order valence-corrected chi connectivity index (χ1v) is 9.98. The zero-order valence-corrected chi connectivity index (χ0v) is 16.6. The van der Waals surface area contributed by atoms with Crippen LogP contribution in [0.1, 0.15) is 12.5 Å². The molecule has 0 spiro atoms. The van der Waals surface area contributed by atoms with E-state index in [0.717, 1.165) is 21.3 Å². The van der Waals surface area contributed by atoms with Gasteiger partial charge in [-0.15, -0.1) is 10.2 Å². The molecule has 1 heterocycles. The summed E-state index contributed by atoms with van der Waals surface area (Å²) in [6.45, 7) is 3.72. The third kappa shape index (κ3) is 4.75. The third-order valence-electron chi connectivity index (χ3n) is 3.60. The fourth-order valence-corrected chi connectivity index (χ4v) is 4.23. The van der Waals surface area contributed by atoms with Gasteiger partial charge in [0.25, 0.3) is 0 Å². The van der Waals surface area contributed by atoms with Gasteiger partial charge in [0, 0.05) is 16.4 Å². The number of amides is 1. The summed E-state index contributed by atoms with van der Waals surface area (Å²) in [5, 5.41) is 15.4. The molecule has 0 aliphatic heterocycles. The van der Waals surface area contributed by atoms with E-state index in [1.54, 1.807) is 6.07 Å². The summed E-state index contributed by atoms with van der Waals surface area (Å²) in [5.41, 5.74) is 2.52. The molecule has 8 heteroatoms. The Kier molecular flexibility index (Phi) is 6.13. The molecule has 1 atom stereocenters. The Hall–Kier alpha value is -2.09. The first-order valence-electron chi connectivity index (χ1n) is 7.91. The first-order chi connectivity index (χ1) is 12.5. The predicted molar refractivity (Wildman–Crippen MR) is 110 cm³/mol. The van der Waals surface area contributed by atoms with Gasteiger partial charge in [-0.25, -0.2) is 0 Å². The van der Waals surface area contributed by atoms with Crippen LogP contribution >= 0.6 is 34.7 Å². The number of nitrogens with zero attached hydrogens (tertiary/aromatic N) is 2. The van der Waals surface area contributed by atoms with Crippen LogP contribution in [0.5, 0.6) is 0 Å². The molecule has 2 aromatic carbocycles. The predicted octanol–water partition coefficient (Wildman–Crippen LogP) is 5.36. The third-order valence-corrected chi connectivity index (χ3v) is 6.04. The van der Waals surface area contributed by atoms with Gasteiger partial charge >= 0.3 is 0 Å². The van der Waals surface area contributed by atoms with Crippen LogP contribution in [-0.4, -0.2) is 21.4 Å². The van der Waals surface area contributed by atoms with E-state index in [9.17, 15) is 4.79 Å². The van der Waals surface area contributed by atoms with Gasteiger partial charge in [0.05, 0.1) is 5.25 Å². The highest BCUT2D eigenvalue weighted by Gasteiger charge is 2.18. The maximum Gasteiger partial charge on any atom is 0.237 e. The quantitative estimate of drug-likeness (QED) is 0.541. The average molecular weight is 405 g/mol. The normalized spacial score (nSPS) is 11.8. The van der Waals surface area contributed by atoms with Crippen LogP contribution in [0, 0.1) is 6.92 Å². The lowest BCUT2D eigenvalue weighted by Gasteiger charge is -2.12. The van der Waals surface area contributed by atoms with Crippen molar-refractivity contribution < 1.29 is 4.79 Å². The summed E-state index contributed by atoms with van der Waals surface area (Å²) in [6, 6.07) is 15.2. The Morgan fingerprint density at radius 2 is 1.92 bits per heavy atom. The Bertz CT molecular complexity index is 901. The number of carbonyl (C=O) groups is 1. The number of anilines is 3. The minimum Gasteiger partial charge on any atom is -0.330 e. The Morgan fingerprint density at radius 1 is 1.15 bits per heavy atom. The highest BCUT2D eigenvalue weighted by atomic mass is 35.5. The molecule has 0 aliphatic carbocycles. The molecule has 1 aromatic heterocycles. The van der Waals surface area contributed by atoms with Gasteiger partial charge in [-0.05, 0) is 43.7 Å². The van der Waals surface area contributed by atoms with Gasteiger partial charge < -0.3 is 10.6 Å². The van der Waals surface area contributed by atoms with Crippen molar-refractivity contribution in [2.45, 2.75) is 23.4 Å². The molecule has 0 fully saturated rings. The smallest absolute Gasteiger partial charge is 0.237 e. The van der Waals surface area contributed by atoms with Gasteiger partial charge in [-0.3, -0.25) is 4.79 Å². The van der Waals surface area contributed by atoms with Crippen molar-refractivity contribution in [3.05, 3.63) is 59.1 Å². The summed E-state index contributed by atoms with van der Waals surface area (Å²) in [5.74, 6) is -0.104. The van der Waals surface area contributed by atoms with E-state index < -0.39 is 0 Å². The molecule has 0 aliphatic rings. The largest absolute Gasteiger partial charge is 0.330 e. The number of benzene rings is 2. The molecule has 1 unspecified atom stereocenters. The number of halogens is 1. The summed E-state index contributed by atoms with van der Waals surface area (Å²) in [4.78, 5) is 12.4. The van der Waals surface area contributed by atoms with Gasteiger partial charge in [-0.1, -0.05) is 59.0 Å². The summed E-state index contributed by atoms with van der Waals surface area (Å²) < 4.78 is 0.730. The highest BCUT2D eigenvalue weighted by Crippen LogP contribution is 2.31. The van der Waals surface area contributed by atoms with Crippen LogP contribution in [0.15, 0.2) is 52.9 Å². The number of rotatable bonds is 6. The molecule has 0 saturated carbocycles. The van der Waals surface area contributed by atoms with E-state index in [1.807, 2.05) is 56.3 Å². The highest BCUT2D eigenvalue weighted by molar-refractivity contribution is 8.02. The van der Waals surface area contributed by atoms with Crippen LogP contribution < -0.4 is 10.6 Å². The molecule has 3 aromatic rings. The standard InChI is InChI=1S/C18H17ClN4OS2/c1-11-14(19)9-6-10-15(11)21-16(24)12(2)25-18-23-22-17(26-18)20-13-7-4-3-5-8-13/h3-10,12H,1-2H3,(H,20,22)(H,21,24). The van der Waals surface area contributed by atoms with E-state index in [-0.39, 0.29) is 11.2 Å². The Morgan fingerprint density at radius 3 is 2.69 bits per heavy atom. The van der Waals surface area contributed by atoms with E-state index in [1.165, 1.54) is 23.1 Å². The second kappa shape index (κ2) is 8.53. The Labute approximate surface area is 165 Å². The van der Waals surface area contributed by atoms with Gasteiger partial charge in [0.1, 0.15) is 0 Å². The molecule has 0 radical (unpaired) electrons. The van der Waals surface area contributed by atoms with Gasteiger partial charge in [0.15, 0.2) is 4.34 Å². The molecule has 26 heavy (non-hydrogen) atoms. The Balaban J connectivity index is 1.60. The molecular formula is C18H17ClN4OS2. The lowest BCUT2D eigenvalue weighted by atomic mass is 10.2. The number of aromatic nitrogens is 2. The molecule has 3 rings (SSSR count). The molecular weight excluding hydrogens is 388 g/mol. The molecule has 1 amide bonds. The molecule has 134 valence electrons. The molecule has 0 bridgehead atoms. The minimum absolute atomic E-state index is 0.104. The minimum atomic E-state index is -0.314. The van der Waals surface area contributed by atoms with Gasteiger partial charge in [0.2, 0.25) is 11.0 Å². The molecule has 0 saturated heterocycles. The average Bonchev–Trinajstić information content (AvgIpc) is 3.06. The number of thioether (sulfide) groups is 1. The van der Waals surface area contributed by atoms with E-state index in [2.05, 4.69) is 20.8 Å². The number of carbonyl (C=O) groups excluding carboxylic acids is 1. The monoisotopic (exact) mass is 404 g/mol. The SMILES string of the molecule is Cc1c(Cl)cccc1NC(=O)C(C)Sc1nnc(Nc2ccccc2)s1. The van der Waals surface area contributed by atoms with Crippen LogP contribution in [0.4, 0.5) is 16.5 Å². The summed E-state index contributed by atoms with van der Waals surface area (Å²) in [6.07, 6.45) is 0. The van der Waals surface area contributed by atoms with Crippen molar-refractivity contribution in [3.63, 3.8) is 0 Å². The van der Waals surface area contributed by atoms with Crippen molar-refractivity contribution in [1.82, 2.24) is 10.2 Å². The lowest BCUT2D eigenvalue weighted by Crippen LogP contribution is -2.22. The molecule has 2 N–H and O–H groups in total. The van der Waals surface area contributed by atoms with Crippen molar-refractivity contribution in [2.75, 3.05) is 10.6 Å². The van der Waals surface area contributed by atoms with E-state index in [0.29, 0.717) is 10.2 Å². The summed E-state index contributed by atoms with van der Waals surface area (Å²) >= 11 is 8.88. The van der Waals surface area contributed by atoms with Crippen molar-refractivity contribution >= 4 is 57.1 Å². The van der Waals surface area contributed by atoms with Crippen molar-refractivity contribution in [3.8, 4) is 0 Å². The second-order valence-corrected chi connectivity index (χ2v) is 8.50. The number of nitrogens with one attached hydrogen (secondary N) is 2. The van der Waals surface area contributed by atoms with Crippen molar-refractivity contribution in [2.24, 2.45) is 0 Å². The zero-order chi connectivity index (χ0) is 18.5. The fourth-order valence-electron chi connectivity index (χ4n) is 2.13. The van der Waals surface area contributed by atoms with E-state index >= 15 is 0 Å². The number of hydrogen-bond donors (Lipinski definition) is 2. The zero-order valence-electron chi connectivity index (χ0n) is 14.2. The topological polar surface area (TPSA) is 66.9 Å². The summed E-state index contributed by atoms with van der Waals surface area (Å²) in [7, 11) is 0. The van der Waals surface area contributed by atoms with Gasteiger partial charge in [-0.2, -0.15) is 0 Å². The first kappa shape index (κ1) is 18.7. The van der Waals surface area contributed by atoms with Crippen LogP contribution in [0.3, 0.4) is 0 Å². The number of para-hydroxylation sites is 1. The van der Waals surface area contributed by atoms with Crippen molar-refractivity contribution in [1.29, 1.82) is 0 Å². The molecule has 5 nitrogen and oxygen atoms in total. The van der Waals surface area contributed by atoms with E-state index in [4.69, 9.17) is 11.6 Å². The maximum absolute atomic E-state index is 12.4. The lowest BCUT2D eigenvalue weighted by molar-refractivity contribution is -0.115. The number of hydrogen-bond acceptors (Lipinski definition) is 6. The second-order valence-electron chi connectivity index (χ2n) is 5.53.